The first-order valence-corrected chi connectivity index (χ1v) is 10.6. The van der Waals surface area contributed by atoms with Gasteiger partial charge in [-0.3, -0.25) is 9.59 Å². The third-order valence-electron chi connectivity index (χ3n) is 4.01. The van der Waals surface area contributed by atoms with Crippen molar-refractivity contribution in [3.63, 3.8) is 0 Å². The molecule has 0 bridgehead atoms. The second kappa shape index (κ2) is 9.93. The Balaban J connectivity index is 1.54. The molecule has 2 amide bonds. The van der Waals surface area contributed by atoms with Crippen molar-refractivity contribution < 1.29 is 14.3 Å². The Labute approximate surface area is 188 Å². The fourth-order valence-corrected chi connectivity index (χ4v) is 3.64. The summed E-state index contributed by atoms with van der Waals surface area (Å²) in [4.78, 5) is 30.2. The number of thiazole rings is 1. The lowest BCUT2D eigenvalue weighted by molar-refractivity contribution is -0.115. The minimum absolute atomic E-state index is 0.118. The molecule has 30 heavy (non-hydrogen) atoms. The molecule has 1 heterocycles. The highest BCUT2D eigenvalue weighted by Gasteiger charge is 2.14. The van der Waals surface area contributed by atoms with Gasteiger partial charge in [0.15, 0.2) is 0 Å². The van der Waals surface area contributed by atoms with Crippen molar-refractivity contribution in [2.45, 2.75) is 13.0 Å². The Morgan fingerprint density at radius 1 is 1.13 bits per heavy atom. The molecule has 156 valence electrons. The van der Waals surface area contributed by atoms with Crippen LogP contribution < -0.4 is 10.1 Å². The van der Waals surface area contributed by atoms with Crippen molar-refractivity contribution >= 4 is 52.0 Å². The molecule has 6 nitrogen and oxygen atoms in total. The van der Waals surface area contributed by atoms with Gasteiger partial charge in [0.25, 0.3) is 5.91 Å². The third-order valence-corrected chi connectivity index (χ3v) is 5.44. The standard InChI is InChI=1S/C21H19Cl2N3O3S/c1-26(2)21(28)17-8-5-14(9-18(17)23)24-19(27)10-15-12-30-20(25-15)11-29-16-6-3-13(22)4-7-16/h3-9,12H,10-11H2,1-2H3,(H,24,27). The van der Waals surface area contributed by atoms with Crippen LogP contribution in [0, 0.1) is 0 Å². The fraction of sp³-hybridized carbons (Fsp3) is 0.190. The van der Waals surface area contributed by atoms with Crippen LogP contribution >= 0.6 is 34.5 Å². The molecule has 0 fully saturated rings. The summed E-state index contributed by atoms with van der Waals surface area (Å²) in [6.45, 7) is 0.310. The zero-order valence-corrected chi connectivity index (χ0v) is 18.6. The van der Waals surface area contributed by atoms with Crippen LogP contribution in [0.4, 0.5) is 5.69 Å². The second-order valence-electron chi connectivity index (χ2n) is 6.59. The quantitative estimate of drug-likeness (QED) is 0.539. The van der Waals surface area contributed by atoms with Crippen molar-refractivity contribution in [1.82, 2.24) is 9.88 Å². The molecule has 0 aliphatic heterocycles. The maximum absolute atomic E-state index is 12.3. The highest BCUT2D eigenvalue weighted by Crippen LogP contribution is 2.23. The van der Waals surface area contributed by atoms with Crippen LogP contribution in [0.25, 0.3) is 0 Å². The van der Waals surface area contributed by atoms with Crippen molar-refractivity contribution in [2.75, 3.05) is 19.4 Å². The second-order valence-corrected chi connectivity index (χ2v) is 8.38. The van der Waals surface area contributed by atoms with E-state index in [9.17, 15) is 9.59 Å². The Kier molecular flexibility index (Phi) is 7.31. The third kappa shape index (κ3) is 5.95. The smallest absolute Gasteiger partial charge is 0.254 e. The highest BCUT2D eigenvalue weighted by atomic mass is 35.5. The SMILES string of the molecule is CN(C)C(=O)c1ccc(NC(=O)Cc2csc(COc3ccc(Cl)cc3)n2)cc1Cl. The number of carbonyl (C=O) groups excluding carboxylic acids is 2. The predicted octanol–water partition coefficient (Wildman–Crippen LogP) is 4.91. The van der Waals surface area contributed by atoms with Gasteiger partial charge >= 0.3 is 0 Å². The van der Waals surface area contributed by atoms with Gasteiger partial charge < -0.3 is 15.0 Å². The lowest BCUT2D eigenvalue weighted by Gasteiger charge is -2.12. The number of ether oxygens (including phenoxy) is 1. The Morgan fingerprint density at radius 2 is 1.87 bits per heavy atom. The molecule has 0 unspecified atom stereocenters. The van der Waals surface area contributed by atoms with Crippen LogP contribution in [-0.4, -0.2) is 35.8 Å². The van der Waals surface area contributed by atoms with Gasteiger partial charge in [-0.05, 0) is 42.5 Å². The van der Waals surface area contributed by atoms with Crippen LogP contribution in [0.2, 0.25) is 10.0 Å². The average molecular weight is 464 g/mol. The van der Waals surface area contributed by atoms with Crippen LogP contribution in [-0.2, 0) is 17.8 Å². The van der Waals surface area contributed by atoms with Crippen molar-refractivity contribution in [3.8, 4) is 5.75 Å². The number of anilines is 1. The molecule has 3 rings (SSSR count). The summed E-state index contributed by atoms with van der Waals surface area (Å²) in [7, 11) is 3.30. The van der Waals surface area contributed by atoms with E-state index in [0.717, 1.165) is 5.01 Å². The van der Waals surface area contributed by atoms with Gasteiger partial charge in [-0.25, -0.2) is 4.98 Å². The topological polar surface area (TPSA) is 71.5 Å². The van der Waals surface area contributed by atoms with E-state index in [2.05, 4.69) is 10.3 Å². The molecule has 0 aliphatic rings. The molecular formula is C21H19Cl2N3O3S. The molecule has 1 aromatic heterocycles. The number of aromatic nitrogens is 1. The van der Waals surface area contributed by atoms with Gasteiger partial charge in [-0.2, -0.15) is 0 Å². The molecule has 3 aromatic rings. The Morgan fingerprint density at radius 3 is 2.53 bits per heavy atom. The molecule has 0 aliphatic carbocycles. The minimum atomic E-state index is -0.228. The van der Waals surface area contributed by atoms with E-state index in [1.165, 1.54) is 16.2 Å². The summed E-state index contributed by atoms with van der Waals surface area (Å²) in [6.07, 6.45) is 0.118. The monoisotopic (exact) mass is 463 g/mol. The van der Waals surface area contributed by atoms with Gasteiger partial charge in [0.1, 0.15) is 17.4 Å². The molecular weight excluding hydrogens is 445 g/mol. The molecule has 1 N–H and O–H groups in total. The van der Waals surface area contributed by atoms with Gasteiger partial charge in [-0.1, -0.05) is 23.2 Å². The molecule has 0 atom stereocenters. The number of rotatable bonds is 7. The summed E-state index contributed by atoms with van der Waals surface area (Å²) in [6, 6.07) is 11.9. The van der Waals surface area contributed by atoms with E-state index in [4.69, 9.17) is 27.9 Å². The summed E-state index contributed by atoms with van der Waals surface area (Å²) in [5, 5.41) is 6.29. The van der Waals surface area contributed by atoms with Gasteiger partial charge in [0.2, 0.25) is 5.91 Å². The predicted molar refractivity (Wildman–Crippen MR) is 120 cm³/mol. The van der Waals surface area contributed by atoms with E-state index in [1.54, 1.807) is 56.6 Å². The molecule has 0 spiro atoms. The van der Waals surface area contributed by atoms with Crippen LogP contribution in [0.1, 0.15) is 21.1 Å². The van der Waals surface area contributed by atoms with E-state index >= 15 is 0 Å². The first-order chi connectivity index (χ1) is 14.3. The first-order valence-electron chi connectivity index (χ1n) is 8.94. The normalized spacial score (nSPS) is 10.5. The number of amides is 2. The summed E-state index contributed by atoms with van der Waals surface area (Å²) in [5.41, 5.74) is 1.55. The van der Waals surface area contributed by atoms with E-state index in [-0.39, 0.29) is 23.3 Å². The molecule has 0 saturated heterocycles. The number of nitrogens with one attached hydrogen (secondary N) is 1. The lowest BCUT2D eigenvalue weighted by Crippen LogP contribution is -2.22. The first kappa shape index (κ1) is 22.1. The maximum atomic E-state index is 12.3. The Hall–Kier alpha value is -2.61. The van der Waals surface area contributed by atoms with Crippen LogP contribution in [0.3, 0.4) is 0 Å². The number of halogens is 2. The number of nitrogens with zero attached hydrogens (tertiary/aromatic N) is 2. The Bertz CT molecular complexity index is 1050. The van der Waals surface area contributed by atoms with Crippen molar-refractivity contribution in [3.05, 3.63) is 74.2 Å². The summed E-state index contributed by atoms with van der Waals surface area (Å²) >= 11 is 13.5. The minimum Gasteiger partial charge on any atom is -0.486 e. The van der Waals surface area contributed by atoms with Crippen molar-refractivity contribution in [1.29, 1.82) is 0 Å². The van der Waals surface area contributed by atoms with E-state index in [1.807, 2.05) is 5.38 Å². The van der Waals surface area contributed by atoms with Gasteiger partial charge in [-0.15, -0.1) is 11.3 Å². The number of carbonyl (C=O) groups is 2. The zero-order valence-electron chi connectivity index (χ0n) is 16.3. The van der Waals surface area contributed by atoms with E-state index in [0.29, 0.717) is 34.3 Å². The molecule has 0 saturated carbocycles. The average Bonchev–Trinajstić information content (AvgIpc) is 3.14. The number of benzene rings is 2. The lowest BCUT2D eigenvalue weighted by atomic mass is 10.2. The summed E-state index contributed by atoms with van der Waals surface area (Å²) in [5.74, 6) is 0.267. The molecule has 0 radical (unpaired) electrons. The summed E-state index contributed by atoms with van der Waals surface area (Å²) < 4.78 is 5.66. The van der Waals surface area contributed by atoms with Gasteiger partial charge in [0, 0.05) is 30.2 Å². The number of hydrogen-bond donors (Lipinski definition) is 1. The molecule has 2 aromatic carbocycles. The van der Waals surface area contributed by atoms with Crippen LogP contribution in [0.5, 0.6) is 5.75 Å². The van der Waals surface area contributed by atoms with Crippen LogP contribution in [0.15, 0.2) is 47.8 Å². The fourth-order valence-electron chi connectivity index (χ4n) is 2.55. The largest absolute Gasteiger partial charge is 0.486 e. The maximum Gasteiger partial charge on any atom is 0.254 e. The zero-order chi connectivity index (χ0) is 21.7. The molecule has 9 heteroatoms. The van der Waals surface area contributed by atoms with Crippen molar-refractivity contribution in [2.24, 2.45) is 0 Å². The van der Waals surface area contributed by atoms with E-state index < -0.39 is 0 Å². The van der Waals surface area contributed by atoms with Gasteiger partial charge in [0.05, 0.1) is 22.7 Å². The number of hydrogen-bond acceptors (Lipinski definition) is 5. The highest BCUT2D eigenvalue weighted by molar-refractivity contribution is 7.09.